The lowest BCUT2D eigenvalue weighted by Gasteiger charge is -2.17. The van der Waals surface area contributed by atoms with Crippen molar-refractivity contribution in [2.45, 2.75) is 4.90 Å². The summed E-state index contributed by atoms with van der Waals surface area (Å²) in [4.78, 5) is 2.17. The second kappa shape index (κ2) is 6.14. The van der Waals surface area contributed by atoms with Crippen LogP contribution >= 0.6 is 0 Å². The highest BCUT2D eigenvalue weighted by Gasteiger charge is 2.09. The summed E-state index contributed by atoms with van der Waals surface area (Å²) in [5, 5.41) is 10.7. The summed E-state index contributed by atoms with van der Waals surface area (Å²) in [5.41, 5.74) is 2.89. The molecule has 3 rings (SSSR count). The van der Waals surface area contributed by atoms with Crippen LogP contribution < -0.4 is 15.4 Å². The van der Waals surface area contributed by atoms with E-state index in [1.165, 1.54) is 12.1 Å². The molecule has 24 heavy (non-hydrogen) atoms. The Hall–Kier alpha value is -2.57. The Labute approximate surface area is 141 Å². The first-order chi connectivity index (χ1) is 11.4. The van der Waals surface area contributed by atoms with Crippen LogP contribution in [0.15, 0.2) is 65.6 Å². The van der Waals surface area contributed by atoms with Crippen LogP contribution in [-0.4, -0.2) is 22.5 Å². The lowest BCUT2D eigenvalue weighted by atomic mass is 10.1. The van der Waals surface area contributed by atoms with Crippen LogP contribution in [0.25, 0.3) is 10.8 Å². The van der Waals surface area contributed by atoms with Gasteiger partial charge in [-0.2, -0.15) is 0 Å². The summed E-state index contributed by atoms with van der Waals surface area (Å²) >= 11 is 0. The molecule has 0 bridgehead atoms. The topological polar surface area (TPSA) is 75.4 Å². The fraction of sp³-hybridized carbons (Fsp3) is 0.111. The van der Waals surface area contributed by atoms with Crippen molar-refractivity contribution in [1.29, 1.82) is 0 Å². The Bertz CT molecular complexity index is 981. The van der Waals surface area contributed by atoms with Gasteiger partial charge in [-0.1, -0.05) is 24.3 Å². The number of benzene rings is 3. The smallest absolute Gasteiger partial charge is 0.238 e. The first-order valence-corrected chi connectivity index (χ1v) is 9.00. The van der Waals surface area contributed by atoms with Crippen LogP contribution in [0.5, 0.6) is 0 Å². The van der Waals surface area contributed by atoms with Crippen molar-refractivity contribution in [3.63, 3.8) is 0 Å². The number of fused-ring (bicyclic) bond motifs is 1. The first kappa shape index (κ1) is 16.3. The molecule has 5 nitrogen and oxygen atoms in total. The summed E-state index contributed by atoms with van der Waals surface area (Å²) in [6.07, 6.45) is 0. The highest BCUT2D eigenvalue weighted by atomic mass is 32.2. The third-order valence-corrected chi connectivity index (χ3v) is 4.77. The number of sulfonamides is 1. The number of hydrogen-bond donors (Lipinski definition) is 2. The maximum atomic E-state index is 11.3. The zero-order valence-electron chi connectivity index (χ0n) is 13.5. The Balaban J connectivity index is 2.00. The van der Waals surface area contributed by atoms with E-state index in [2.05, 4.69) is 28.4 Å². The molecule has 0 heterocycles. The van der Waals surface area contributed by atoms with Crippen molar-refractivity contribution >= 4 is 37.9 Å². The molecule has 0 spiro atoms. The first-order valence-electron chi connectivity index (χ1n) is 7.45. The van der Waals surface area contributed by atoms with Crippen molar-refractivity contribution in [2.75, 3.05) is 24.3 Å². The van der Waals surface area contributed by atoms with Gasteiger partial charge in [0.2, 0.25) is 10.0 Å². The molecule has 124 valence electrons. The number of primary sulfonamides is 1. The molecule has 0 radical (unpaired) electrons. The third kappa shape index (κ3) is 3.20. The van der Waals surface area contributed by atoms with Gasteiger partial charge in [0.15, 0.2) is 0 Å². The molecule has 0 aliphatic rings. The molecule has 3 aromatic carbocycles. The van der Waals surface area contributed by atoms with E-state index in [0.29, 0.717) is 0 Å². The van der Waals surface area contributed by atoms with Gasteiger partial charge in [0.25, 0.3) is 0 Å². The normalized spacial score (nSPS) is 11.5. The molecule has 0 saturated carbocycles. The summed E-state index contributed by atoms with van der Waals surface area (Å²) < 4.78 is 22.7. The fourth-order valence-electron chi connectivity index (χ4n) is 2.68. The van der Waals surface area contributed by atoms with Gasteiger partial charge < -0.3 is 10.2 Å². The number of nitrogens with zero attached hydrogens (tertiary/aromatic N) is 1. The molecule has 3 N–H and O–H groups in total. The van der Waals surface area contributed by atoms with E-state index in [0.717, 1.165) is 27.8 Å². The SMILES string of the molecule is CN(C)c1cccc2c(Nc3ccc(S(N)(=O)=O)cc3)cccc12. The predicted octanol–water partition coefficient (Wildman–Crippen LogP) is 3.30. The molecule has 3 aromatic rings. The van der Waals surface area contributed by atoms with Crippen LogP contribution in [0.2, 0.25) is 0 Å². The number of anilines is 3. The number of nitrogens with two attached hydrogens (primary N) is 1. The number of nitrogens with one attached hydrogen (secondary N) is 1. The minimum atomic E-state index is -3.68. The lowest BCUT2D eigenvalue weighted by Crippen LogP contribution is -2.11. The van der Waals surface area contributed by atoms with Crippen LogP contribution in [0, 0.1) is 0 Å². The maximum absolute atomic E-state index is 11.3. The summed E-state index contributed by atoms with van der Waals surface area (Å²) in [5.74, 6) is 0. The van der Waals surface area contributed by atoms with Gasteiger partial charge in [0, 0.05) is 41.9 Å². The molecule has 6 heteroatoms. The Morgan fingerprint density at radius 1 is 0.875 bits per heavy atom. The molecule has 0 aliphatic heterocycles. The Morgan fingerprint density at radius 3 is 2.12 bits per heavy atom. The molecule has 0 saturated heterocycles. The van der Waals surface area contributed by atoms with E-state index in [9.17, 15) is 8.42 Å². The molecular weight excluding hydrogens is 322 g/mol. The predicted molar refractivity (Wildman–Crippen MR) is 99.4 cm³/mol. The second-order valence-electron chi connectivity index (χ2n) is 5.77. The van der Waals surface area contributed by atoms with Gasteiger partial charge in [0.05, 0.1) is 4.90 Å². The van der Waals surface area contributed by atoms with E-state index < -0.39 is 10.0 Å². The zero-order valence-corrected chi connectivity index (χ0v) is 14.3. The summed E-state index contributed by atoms with van der Waals surface area (Å²) in [6, 6.07) is 18.6. The minimum absolute atomic E-state index is 0.0980. The van der Waals surface area contributed by atoms with Crippen LogP contribution in [0.1, 0.15) is 0 Å². The van der Waals surface area contributed by atoms with Crippen molar-refractivity contribution in [1.82, 2.24) is 0 Å². The second-order valence-corrected chi connectivity index (χ2v) is 7.33. The zero-order chi connectivity index (χ0) is 17.3. The average Bonchev–Trinajstić information content (AvgIpc) is 2.54. The molecule has 0 fully saturated rings. The minimum Gasteiger partial charge on any atom is -0.377 e. The molecule has 0 amide bonds. The Morgan fingerprint density at radius 2 is 1.50 bits per heavy atom. The van der Waals surface area contributed by atoms with Gasteiger partial charge in [-0.25, -0.2) is 13.6 Å². The van der Waals surface area contributed by atoms with Crippen molar-refractivity contribution in [3.8, 4) is 0 Å². The molecule has 0 aromatic heterocycles. The summed E-state index contributed by atoms with van der Waals surface area (Å²) in [6.45, 7) is 0. The molecule has 0 aliphatic carbocycles. The fourth-order valence-corrected chi connectivity index (χ4v) is 3.19. The largest absolute Gasteiger partial charge is 0.377 e. The highest BCUT2D eigenvalue weighted by molar-refractivity contribution is 7.89. The van der Waals surface area contributed by atoms with Crippen LogP contribution in [0.4, 0.5) is 17.1 Å². The lowest BCUT2D eigenvalue weighted by molar-refractivity contribution is 0.598. The standard InChI is InChI=1S/C18H19N3O2S/c1-21(2)18-8-4-5-15-16(18)6-3-7-17(15)20-13-9-11-14(12-10-13)24(19,22)23/h3-12,20H,1-2H3,(H2,19,22,23). The maximum Gasteiger partial charge on any atom is 0.238 e. The van der Waals surface area contributed by atoms with Crippen molar-refractivity contribution in [2.24, 2.45) is 5.14 Å². The van der Waals surface area contributed by atoms with E-state index >= 15 is 0 Å². The molecule has 0 atom stereocenters. The Kier molecular flexibility index (Phi) is 4.17. The quantitative estimate of drug-likeness (QED) is 0.763. The van der Waals surface area contributed by atoms with E-state index in [1.807, 2.05) is 32.3 Å². The molecular formula is C18H19N3O2S. The average molecular weight is 341 g/mol. The van der Waals surface area contributed by atoms with Gasteiger partial charge in [0.1, 0.15) is 0 Å². The van der Waals surface area contributed by atoms with Crippen molar-refractivity contribution < 1.29 is 8.42 Å². The van der Waals surface area contributed by atoms with Gasteiger partial charge in [-0.15, -0.1) is 0 Å². The highest BCUT2D eigenvalue weighted by Crippen LogP contribution is 2.32. The van der Waals surface area contributed by atoms with E-state index in [-0.39, 0.29) is 4.90 Å². The van der Waals surface area contributed by atoms with E-state index in [1.54, 1.807) is 12.1 Å². The molecule has 0 unspecified atom stereocenters. The van der Waals surface area contributed by atoms with Gasteiger partial charge >= 0.3 is 0 Å². The van der Waals surface area contributed by atoms with Crippen LogP contribution in [0.3, 0.4) is 0 Å². The number of hydrogen-bond acceptors (Lipinski definition) is 4. The van der Waals surface area contributed by atoms with Gasteiger partial charge in [-0.3, -0.25) is 0 Å². The van der Waals surface area contributed by atoms with E-state index in [4.69, 9.17) is 5.14 Å². The third-order valence-electron chi connectivity index (χ3n) is 3.84. The summed E-state index contributed by atoms with van der Waals surface area (Å²) in [7, 11) is 0.354. The van der Waals surface area contributed by atoms with Crippen LogP contribution in [-0.2, 0) is 10.0 Å². The van der Waals surface area contributed by atoms with Crippen molar-refractivity contribution in [3.05, 3.63) is 60.7 Å². The van der Waals surface area contributed by atoms with Gasteiger partial charge in [-0.05, 0) is 36.4 Å². The monoisotopic (exact) mass is 341 g/mol. The number of rotatable bonds is 4.